The van der Waals surface area contributed by atoms with Crippen molar-refractivity contribution in [2.45, 2.75) is 24.9 Å². The van der Waals surface area contributed by atoms with Crippen molar-refractivity contribution >= 4 is 22.9 Å². The number of H-pyrrole nitrogens is 1. The van der Waals surface area contributed by atoms with E-state index in [0.29, 0.717) is 30.2 Å². The standard InChI is InChI=1S/C16H14ClF3N6O/c17-13-11(6-21-24-15(13)27)25-5-1-2-9(7-25)14-23-22-12-4-3-10(8-26(12)14)16(18,19)20/h3-4,6,8-9H,1-2,5,7H2,(H,24,27). The number of piperidine rings is 1. The summed E-state index contributed by atoms with van der Waals surface area (Å²) in [5.41, 5.74) is -0.398. The molecule has 1 unspecified atom stereocenters. The van der Waals surface area contributed by atoms with E-state index in [1.165, 1.54) is 16.7 Å². The molecule has 4 rings (SSSR count). The van der Waals surface area contributed by atoms with Gasteiger partial charge in [-0.25, -0.2) is 5.10 Å². The summed E-state index contributed by atoms with van der Waals surface area (Å²) >= 11 is 6.08. The monoisotopic (exact) mass is 398 g/mol. The van der Waals surface area contributed by atoms with Gasteiger partial charge in [-0.05, 0) is 25.0 Å². The lowest BCUT2D eigenvalue weighted by molar-refractivity contribution is -0.137. The highest BCUT2D eigenvalue weighted by atomic mass is 35.5. The third-order valence-electron chi connectivity index (χ3n) is 4.66. The Morgan fingerprint density at radius 1 is 1.26 bits per heavy atom. The summed E-state index contributed by atoms with van der Waals surface area (Å²) in [5, 5.41) is 14.2. The summed E-state index contributed by atoms with van der Waals surface area (Å²) in [4.78, 5) is 13.6. The van der Waals surface area contributed by atoms with Gasteiger partial charge in [0.1, 0.15) is 10.8 Å². The molecule has 1 aliphatic rings. The first-order chi connectivity index (χ1) is 12.8. The van der Waals surface area contributed by atoms with E-state index in [2.05, 4.69) is 20.4 Å². The zero-order chi connectivity index (χ0) is 19.2. The quantitative estimate of drug-likeness (QED) is 0.718. The summed E-state index contributed by atoms with van der Waals surface area (Å²) in [6, 6.07) is 2.29. The van der Waals surface area contributed by atoms with Crippen molar-refractivity contribution in [1.29, 1.82) is 0 Å². The zero-order valence-electron chi connectivity index (χ0n) is 13.9. The van der Waals surface area contributed by atoms with Crippen LogP contribution in [0.3, 0.4) is 0 Å². The lowest BCUT2D eigenvalue weighted by Crippen LogP contribution is -2.36. The molecule has 0 bridgehead atoms. The molecule has 0 aliphatic carbocycles. The number of nitrogens with zero attached hydrogens (tertiary/aromatic N) is 5. The Morgan fingerprint density at radius 2 is 2.07 bits per heavy atom. The third-order valence-corrected chi connectivity index (χ3v) is 5.03. The number of anilines is 1. The molecule has 3 aromatic rings. The van der Waals surface area contributed by atoms with Gasteiger partial charge in [0.15, 0.2) is 5.65 Å². The van der Waals surface area contributed by atoms with Gasteiger partial charge in [-0.3, -0.25) is 9.20 Å². The van der Waals surface area contributed by atoms with Crippen LogP contribution in [0.25, 0.3) is 5.65 Å². The molecule has 0 amide bonds. The van der Waals surface area contributed by atoms with Gasteiger partial charge in [0.2, 0.25) is 0 Å². The largest absolute Gasteiger partial charge is 0.417 e. The first-order valence-electron chi connectivity index (χ1n) is 8.24. The van der Waals surface area contributed by atoms with Crippen LogP contribution < -0.4 is 10.5 Å². The van der Waals surface area contributed by atoms with Gasteiger partial charge in [0.05, 0.1) is 17.4 Å². The molecule has 142 valence electrons. The van der Waals surface area contributed by atoms with Crippen LogP contribution in [0.1, 0.15) is 30.1 Å². The molecule has 7 nitrogen and oxygen atoms in total. The Labute approximate surface area is 155 Å². The number of halogens is 4. The van der Waals surface area contributed by atoms with Gasteiger partial charge in [-0.2, -0.15) is 18.3 Å². The van der Waals surface area contributed by atoms with Crippen LogP contribution in [0.15, 0.2) is 29.3 Å². The Balaban J connectivity index is 1.69. The first kappa shape index (κ1) is 17.8. The van der Waals surface area contributed by atoms with Crippen molar-refractivity contribution in [2.24, 2.45) is 0 Å². The number of aromatic nitrogens is 5. The minimum absolute atomic E-state index is 0.0381. The van der Waals surface area contributed by atoms with Crippen molar-refractivity contribution < 1.29 is 13.2 Å². The average Bonchev–Trinajstić information content (AvgIpc) is 3.06. The van der Waals surface area contributed by atoms with Crippen LogP contribution in [-0.4, -0.2) is 37.9 Å². The van der Waals surface area contributed by atoms with Crippen molar-refractivity contribution in [3.63, 3.8) is 0 Å². The SMILES string of the molecule is O=c1[nH]ncc(N2CCCC(c3nnc4ccc(C(F)(F)F)cn34)C2)c1Cl. The second kappa shape index (κ2) is 6.52. The van der Waals surface area contributed by atoms with Crippen LogP contribution in [0.4, 0.5) is 18.9 Å². The summed E-state index contributed by atoms with van der Waals surface area (Å²) in [7, 11) is 0. The normalized spacial score (nSPS) is 18.2. The molecule has 3 aromatic heterocycles. The number of nitrogens with one attached hydrogen (secondary N) is 1. The van der Waals surface area contributed by atoms with Crippen molar-refractivity contribution in [3.05, 3.63) is 51.3 Å². The minimum atomic E-state index is -4.45. The molecule has 1 atom stereocenters. The predicted octanol–water partition coefficient (Wildman–Crippen LogP) is 2.87. The molecular weight excluding hydrogens is 385 g/mol. The molecule has 27 heavy (non-hydrogen) atoms. The molecule has 11 heteroatoms. The van der Waals surface area contributed by atoms with E-state index in [1.54, 1.807) is 0 Å². The molecule has 0 aromatic carbocycles. The Morgan fingerprint density at radius 3 is 2.85 bits per heavy atom. The van der Waals surface area contributed by atoms with E-state index in [9.17, 15) is 18.0 Å². The molecule has 0 spiro atoms. The number of aromatic amines is 1. The van der Waals surface area contributed by atoms with Crippen LogP contribution in [0, 0.1) is 0 Å². The van der Waals surface area contributed by atoms with Gasteiger partial charge < -0.3 is 4.90 Å². The smallest absolute Gasteiger partial charge is 0.368 e. The van der Waals surface area contributed by atoms with Crippen LogP contribution in [-0.2, 0) is 6.18 Å². The molecule has 0 radical (unpaired) electrons. The fourth-order valence-electron chi connectivity index (χ4n) is 3.36. The minimum Gasteiger partial charge on any atom is -0.368 e. The van der Waals surface area contributed by atoms with Gasteiger partial charge in [-0.1, -0.05) is 11.6 Å². The maximum atomic E-state index is 13.0. The van der Waals surface area contributed by atoms with Crippen molar-refractivity contribution in [2.75, 3.05) is 18.0 Å². The van der Waals surface area contributed by atoms with Crippen LogP contribution >= 0.6 is 11.6 Å². The van der Waals surface area contributed by atoms with Gasteiger partial charge in [0.25, 0.3) is 5.56 Å². The highest BCUT2D eigenvalue weighted by Crippen LogP contribution is 2.33. The van der Waals surface area contributed by atoms with E-state index >= 15 is 0 Å². The van der Waals surface area contributed by atoms with Crippen LogP contribution in [0.5, 0.6) is 0 Å². The first-order valence-corrected chi connectivity index (χ1v) is 8.62. The maximum absolute atomic E-state index is 13.0. The number of hydrogen-bond acceptors (Lipinski definition) is 5. The summed E-state index contributed by atoms with van der Waals surface area (Å²) in [5.74, 6) is 0.294. The highest BCUT2D eigenvalue weighted by molar-refractivity contribution is 6.33. The fourth-order valence-corrected chi connectivity index (χ4v) is 3.57. The molecule has 1 fully saturated rings. The number of fused-ring (bicyclic) bond motifs is 1. The highest BCUT2D eigenvalue weighted by Gasteiger charge is 2.32. The van der Waals surface area contributed by atoms with E-state index in [-0.39, 0.29) is 10.9 Å². The van der Waals surface area contributed by atoms with Crippen molar-refractivity contribution in [1.82, 2.24) is 24.8 Å². The summed E-state index contributed by atoms with van der Waals surface area (Å²) < 4.78 is 40.5. The van der Waals surface area contributed by atoms with Gasteiger partial charge in [0, 0.05) is 25.2 Å². The Hall–Kier alpha value is -2.62. The number of alkyl halides is 3. The molecule has 1 N–H and O–H groups in total. The second-order valence-corrected chi connectivity index (χ2v) is 6.76. The molecular formula is C16H14ClF3N6O. The maximum Gasteiger partial charge on any atom is 0.417 e. The van der Waals surface area contributed by atoms with Crippen LogP contribution in [0.2, 0.25) is 5.02 Å². The Kier molecular flexibility index (Phi) is 4.29. The van der Waals surface area contributed by atoms with Gasteiger partial charge in [-0.15, -0.1) is 10.2 Å². The average molecular weight is 399 g/mol. The van der Waals surface area contributed by atoms with Crippen molar-refractivity contribution in [3.8, 4) is 0 Å². The predicted molar refractivity (Wildman–Crippen MR) is 92.0 cm³/mol. The fraction of sp³-hybridized carbons (Fsp3) is 0.375. The lowest BCUT2D eigenvalue weighted by Gasteiger charge is -2.33. The number of hydrogen-bond donors (Lipinski definition) is 1. The second-order valence-electron chi connectivity index (χ2n) is 6.39. The molecule has 1 aliphatic heterocycles. The van der Waals surface area contributed by atoms with Gasteiger partial charge >= 0.3 is 6.18 Å². The summed E-state index contributed by atoms with van der Waals surface area (Å²) in [6.45, 7) is 1.10. The third kappa shape index (κ3) is 3.25. The van der Waals surface area contributed by atoms with E-state index in [4.69, 9.17) is 11.6 Å². The summed E-state index contributed by atoms with van der Waals surface area (Å²) in [6.07, 6.45) is -0.455. The Bertz CT molecular complexity index is 1050. The lowest BCUT2D eigenvalue weighted by atomic mass is 9.97. The van der Waals surface area contributed by atoms with E-state index < -0.39 is 17.3 Å². The van der Waals surface area contributed by atoms with E-state index in [1.807, 2.05) is 4.90 Å². The molecule has 1 saturated heterocycles. The zero-order valence-corrected chi connectivity index (χ0v) is 14.6. The van der Waals surface area contributed by atoms with E-state index in [0.717, 1.165) is 25.1 Å². The number of pyridine rings is 1. The molecule has 4 heterocycles. The topological polar surface area (TPSA) is 79.2 Å². The molecule has 0 saturated carbocycles. The number of rotatable bonds is 2.